The van der Waals surface area contributed by atoms with Gasteiger partial charge in [-0.05, 0) is 24.3 Å². The molecule has 2 aromatic heterocycles. The van der Waals surface area contributed by atoms with Crippen LogP contribution in [0.15, 0.2) is 36.7 Å². The molecule has 0 atom stereocenters. The van der Waals surface area contributed by atoms with Crippen molar-refractivity contribution in [3.63, 3.8) is 0 Å². The molecule has 1 aliphatic heterocycles. The molecule has 1 saturated heterocycles. The molecule has 0 aliphatic carbocycles. The maximum Gasteiger partial charge on any atom is 0.248 e. The van der Waals surface area contributed by atoms with Gasteiger partial charge in [-0.1, -0.05) is 11.6 Å². The minimum Gasteiger partial charge on any atom is -0.493 e. The zero-order valence-corrected chi connectivity index (χ0v) is 21.4. The van der Waals surface area contributed by atoms with Gasteiger partial charge in [0.05, 0.1) is 30.4 Å². The molecule has 4 aromatic rings. The molecule has 3 N–H and O–H groups in total. The summed E-state index contributed by atoms with van der Waals surface area (Å²) in [6.45, 7) is 4.27. The van der Waals surface area contributed by atoms with Crippen molar-refractivity contribution in [2.45, 2.75) is 6.92 Å². The molecule has 13 heteroatoms. The molecule has 0 spiro atoms. The molecule has 0 unspecified atom stereocenters. The summed E-state index contributed by atoms with van der Waals surface area (Å²) in [5, 5.41) is 9.02. The van der Waals surface area contributed by atoms with E-state index in [1.807, 2.05) is 23.1 Å². The molecule has 0 radical (unpaired) electrons. The number of nitrogens with zero attached hydrogens (tertiary/aromatic N) is 7. The first kappa shape index (κ1) is 24.4. The highest BCUT2D eigenvalue weighted by molar-refractivity contribution is 6.33. The van der Waals surface area contributed by atoms with Crippen molar-refractivity contribution in [2.24, 2.45) is 0 Å². The third-order valence-electron chi connectivity index (χ3n) is 6.22. The lowest BCUT2D eigenvalue weighted by atomic mass is 10.2. The van der Waals surface area contributed by atoms with Gasteiger partial charge in [0.1, 0.15) is 6.33 Å². The molecule has 12 nitrogen and oxygen atoms in total. The number of nitrogens with one attached hydrogen (secondary N) is 1. The predicted octanol–water partition coefficient (Wildman–Crippen LogP) is 2.88. The van der Waals surface area contributed by atoms with Crippen molar-refractivity contribution in [3.8, 4) is 17.3 Å². The average Bonchev–Trinajstić information content (AvgIpc) is 3.27. The zero-order chi connectivity index (χ0) is 26.1. The fourth-order valence-electron chi connectivity index (χ4n) is 4.30. The number of methoxy groups -OCH3 is 2. The fourth-order valence-corrected chi connectivity index (χ4v) is 4.53. The van der Waals surface area contributed by atoms with E-state index in [9.17, 15) is 4.79 Å². The maximum absolute atomic E-state index is 11.7. The van der Waals surface area contributed by atoms with E-state index >= 15 is 0 Å². The van der Waals surface area contributed by atoms with Crippen molar-refractivity contribution in [2.75, 3.05) is 56.3 Å². The Morgan fingerprint density at radius 3 is 2.49 bits per heavy atom. The quantitative estimate of drug-likeness (QED) is 0.388. The van der Waals surface area contributed by atoms with E-state index in [1.54, 1.807) is 33.3 Å². The minimum atomic E-state index is 0.0782. The van der Waals surface area contributed by atoms with Crippen LogP contribution in [-0.2, 0) is 4.79 Å². The van der Waals surface area contributed by atoms with Crippen molar-refractivity contribution in [1.29, 1.82) is 0 Å². The molecule has 1 amide bonds. The van der Waals surface area contributed by atoms with Crippen LogP contribution in [0, 0.1) is 0 Å². The second-order valence-electron chi connectivity index (χ2n) is 8.41. The standard InChI is InChI=1S/C24H26ClN9O3/c1-14(35)32-6-8-33(9-7-32)19-10-15(4-5-17(19)25)29-24-30-23(26)34(31-24)22-16-11-20(36-2)21(37-3)12-18(16)27-13-28-22/h4-5,10-13H,6-9H2,1-3H3,(H3,26,29,30,31). The summed E-state index contributed by atoms with van der Waals surface area (Å²) >= 11 is 6.50. The van der Waals surface area contributed by atoms with Gasteiger partial charge in [0.2, 0.25) is 17.8 Å². The van der Waals surface area contributed by atoms with Gasteiger partial charge in [-0.25, -0.2) is 9.97 Å². The number of benzene rings is 2. The molecule has 5 rings (SSSR count). The largest absolute Gasteiger partial charge is 0.493 e. The summed E-state index contributed by atoms with van der Waals surface area (Å²) in [4.78, 5) is 28.7. The summed E-state index contributed by atoms with van der Waals surface area (Å²) in [5.74, 6) is 2.04. The number of hydrogen-bond acceptors (Lipinski definition) is 10. The number of nitrogens with two attached hydrogens (primary N) is 1. The molecule has 192 valence electrons. The SMILES string of the molecule is COc1cc2ncnc(-n3nc(Nc4ccc(Cl)c(N5CCN(C(C)=O)CC5)c4)nc3N)c2cc1OC. The zero-order valence-electron chi connectivity index (χ0n) is 20.6. The van der Waals surface area contributed by atoms with Gasteiger partial charge < -0.3 is 30.3 Å². The monoisotopic (exact) mass is 523 g/mol. The van der Waals surface area contributed by atoms with Crippen LogP contribution in [0.4, 0.5) is 23.3 Å². The number of carbonyl (C=O) groups excluding carboxylic acids is 1. The molecule has 37 heavy (non-hydrogen) atoms. The Kier molecular flexibility index (Phi) is 6.57. The van der Waals surface area contributed by atoms with E-state index in [0.717, 1.165) is 11.4 Å². The average molecular weight is 524 g/mol. The highest BCUT2D eigenvalue weighted by Gasteiger charge is 2.21. The second kappa shape index (κ2) is 9.97. The first-order valence-corrected chi connectivity index (χ1v) is 11.9. The lowest BCUT2D eigenvalue weighted by Gasteiger charge is -2.36. The third kappa shape index (κ3) is 4.75. The van der Waals surface area contributed by atoms with E-state index < -0.39 is 0 Å². The summed E-state index contributed by atoms with van der Waals surface area (Å²) in [7, 11) is 3.12. The van der Waals surface area contributed by atoms with Crippen LogP contribution < -0.4 is 25.4 Å². The van der Waals surface area contributed by atoms with Crippen LogP contribution in [0.3, 0.4) is 0 Å². The first-order valence-electron chi connectivity index (χ1n) is 11.5. The van der Waals surface area contributed by atoms with Gasteiger partial charge in [0.15, 0.2) is 17.3 Å². The molecule has 3 heterocycles. The number of halogens is 1. The number of amides is 1. The van der Waals surface area contributed by atoms with Crippen LogP contribution in [0.1, 0.15) is 6.92 Å². The van der Waals surface area contributed by atoms with E-state index in [1.165, 1.54) is 11.0 Å². The number of ether oxygens (including phenoxy) is 2. The van der Waals surface area contributed by atoms with Crippen molar-refractivity contribution >= 4 is 51.7 Å². The summed E-state index contributed by atoms with van der Waals surface area (Å²) in [6, 6.07) is 9.12. The summed E-state index contributed by atoms with van der Waals surface area (Å²) in [6.07, 6.45) is 1.43. The van der Waals surface area contributed by atoms with Crippen LogP contribution in [0.25, 0.3) is 16.7 Å². The molecule has 2 aromatic carbocycles. The van der Waals surface area contributed by atoms with Crippen molar-refractivity contribution < 1.29 is 14.3 Å². The van der Waals surface area contributed by atoms with Gasteiger partial charge in [-0.2, -0.15) is 9.67 Å². The maximum atomic E-state index is 11.7. The number of anilines is 4. The molecular formula is C24H26ClN9O3. The number of rotatable bonds is 6. The predicted molar refractivity (Wildman–Crippen MR) is 141 cm³/mol. The van der Waals surface area contributed by atoms with Gasteiger partial charge in [-0.3, -0.25) is 4.79 Å². The molecule has 1 aliphatic rings. The topological polar surface area (TPSA) is 137 Å². The highest BCUT2D eigenvalue weighted by atomic mass is 35.5. The van der Waals surface area contributed by atoms with E-state index in [4.69, 9.17) is 26.8 Å². The number of hydrogen-bond donors (Lipinski definition) is 2. The molecule has 0 bridgehead atoms. The Morgan fingerprint density at radius 2 is 1.78 bits per heavy atom. The van der Waals surface area contributed by atoms with Crippen LogP contribution >= 0.6 is 11.6 Å². The van der Waals surface area contributed by atoms with Crippen molar-refractivity contribution in [3.05, 3.63) is 41.7 Å². The number of fused-ring (bicyclic) bond motifs is 1. The number of aromatic nitrogens is 5. The number of nitrogen functional groups attached to an aromatic ring is 1. The minimum absolute atomic E-state index is 0.0782. The van der Waals surface area contributed by atoms with Gasteiger partial charge in [0, 0.05) is 50.2 Å². The van der Waals surface area contributed by atoms with Gasteiger partial charge in [0.25, 0.3) is 0 Å². The van der Waals surface area contributed by atoms with Crippen LogP contribution in [0.5, 0.6) is 11.5 Å². The summed E-state index contributed by atoms with van der Waals surface area (Å²) < 4.78 is 12.3. The Morgan fingerprint density at radius 1 is 1.05 bits per heavy atom. The fraction of sp³-hybridized carbons (Fsp3) is 0.292. The molecule has 1 fully saturated rings. The van der Waals surface area contributed by atoms with E-state index in [2.05, 4.69) is 30.3 Å². The highest BCUT2D eigenvalue weighted by Crippen LogP contribution is 2.34. The Labute approximate surface area is 218 Å². The number of carbonyl (C=O) groups is 1. The second-order valence-corrected chi connectivity index (χ2v) is 8.82. The van der Waals surface area contributed by atoms with E-state index in [0.29, 0.717) is 65.4 Å². The van der Waals surface area contributed by atoms with Crippen LogP contribution in [0.2, 0.25) is 5.02 Å². The lowest BCUT2D eigenvalue weighted by molar-refractivity contribution is -0.129. The summed E-state index contributed by atoms with van der Waals surface area (Å²) in [5.41, 5.74) is 8.47. The van der Waals surface area contributed by atoms with E-state index in [-0.39, 0.29) is 11.9 Å². The Bertz CT molecular complexity index is 1470. The smallest absolute Gasteiger partial charge is 0.248 e. The van der Waals surface area contributed by atoms with Gasteiger partial charge in [-0.15, -0.1) is 5.10 Å². The number of piperazine rings is 1. The molecule has 0 saturated carbocycles. The van der Waals surface area contributed by atoms with Gasteiger partial charge >= 0.3 is 0 Å². The first-order chi connectivity index (χ1) is 17.9. The Hall–Kier alpha value is -4.32. The molecular weight excluding hydrogens is 498 g/mol. The lowest BCUT2D eigenvalue weighted by Crippen LogP contribution is -2.48. The Balaban J connectivity index is 1.42. The normalized spacial score (nSPS) is 13.6. The van der Waals surface area contributed by atoms with Crippen LogP contribution in [-0.4, -0.2) is 75.9 Å². The third-order valence-corrected chi connectivity index (χ3v) is 6.54. The van der Waals surface area contributed by atoms with Crippen molar-refractivity contribution in [1.82, 2.24) is 29.6 Å².